The molecule has 0 amide bonds. The second kappa shape index (κ2) is 6.21. The lowest BCUT2D eigenvalue weighted by Crippen LogP contribution is -1.99. The summed E-state index contributed by atoms with van der Waals surface area (Å²) in [6.45, 7) is 0.249. The lowest BCUT2D eigenvalue weighted by atomic mass is 10.2. The fourth-order valence-corrected chi connectivity index (χ4v) is 3.50. The summed E-state index contributed by atoms with van der Waals surface area (Å²) in [5.41, 5.74) is 2.04. The minimum atomic E-state index is 0.249. The number of hydrogen-bond donors (Lipinski definition) is 0. The maximum Gasteiger partial charge on any atom is 0.231 e. The molecule has 0 spiro atoms. The Morgan fingerprint density at radius 1 is 1.13 bits per heavy atom. The van der Waals surface area contributed by atoms with E-state index in [1.165, 1.54) is 5.56 Å². The van der Waals surface area contributed by atoms with Gasteiger partial charge in [-0.3, -0.25) is 0 Å². The second-order valence-electron chi connectivity index (χ2n) is 4.83. The fourth-order valence-electron chi connectivity index (χ4n) is 2.22. The van der Waals surface area contributed by atoms with Gasteiger partial charge < -0.3 is 9.47 Å². The fraction of sp³-hybridized carbons (Fsp3) is 0.133. The van der Waals surface area contributed by atoms with Crippen molar-refractivity contribution in [3.05, 3.63) is 52.5 Å². The van der Waals surface area contributed by atoms with Crippen molar-refractivity contribution >= 4 is 27.7 Å². The molecule has 1 aliphatic heterocycles. The Morgan fingerprint density at radius 3 is 2.96 bits per heavy atom. The van der Waals surface area contributed by atoms with Crippen LogP contribution in [0.25, 0.3) is 5.69 Å². The summed E-state index contributed by atoms with van der Waals surface area (Å²) in [6, 6.07) is 13.8. The molecule has 1 aromatic heterocycles. The van der Waals surface area contributed by atoms with Crippen molar-refractivity contribution < 1.29 is 9.47 Å². The number of aromatic nitrogens is 4. The lowest BCUT2D eigenvalue weighted by molar-refractivity contribution is 0.174. The summed E-state index contributed by atoms with van der Waals surface area (Å²) in [5, 5.41) is 12.7. The summed E-state index contributed by atoms with van der Waals surface area (Å²) < 4.78 is 13.5. The van der Waals surface area contributed by atoms with Crippen molar-refractivity contribution in [1.82, 2.24) is 20.2 Å². The number of halogens is 1. The molecule has 6 nitrogen and oxygen atoms in total. The van der Waals surface area contributed by atoms with Crippen molar-refractivity contribution in [2.24, 2.45) is 0 Å². The SMILES string of the molecule is Brc1cccc(CSc2nnnn2-c2ccc3c(c2)OCO3)c1. The third kappa shape index (κ3) is 3.04. The molecule has 0 fully saturated rings. The van der Waals surface area contributed by atoms with Gasteiger partial charge in [0.25, 0.3) is 0 Å². The van der Waals surface area contributed by atoms with Crippen LogP contribution in [0.4, 0.5) is 0 Å². The van der Waals surface area contributed by atoms with Crippen molar-refractivity contribution in [2.75, 3.05) is 6.79 Å². The number of nitrogens with zero attached hydrogens (tertiary/aromatic N) is 4. The molecule has 2 heterocycles. The Labute approximate surface area is 144 Å². The van der Waals surface area contributed by atoms with Gasteiger partial charge in [0.05, 0.1) is 5.69 Å². The van der Waals surface area contributed by atoms with E-state index >= 15 is 0 Å². The Morgan fingerprint density at radius 2 is 2.04 bits per heavy atom. The van der Waals surface area contributed by atoms with Gasteiger partial charge >= 0.3 is 0 Å². The molecule has 0 N–H and O–H groups in total. The van der Waals surface area contributed by atoms with Gasteiger partial charge in [0.2, 0.25) is 11.9 Å². The Kier molecular flexibility index (Phi) is 3.92. The number of hydrogen-bond acceptors (Lipinski definition) is 6. The average Bonchev–Trinajstić information content (AvgIpc) is 3.21. The minimum absolute atomic E-state index is 0.249. The van der Waals surface area contributed by atoms with E-state index in [1.54, 1.807) is 16.4 Å². The highest BCUT2D eigenvalue weighted by molar-refractivity contribution is 9.10. The maximum atomic E-state index is 5.40. The number of ether oxygens (including phenoxy) is 2. The molecule has 0 bridgehead atoms. The zero-order valence-corrected chi connectivity index (χ0v) is 14.2. The number of thioether (sulfide) groups is 1. The normalized spacial score (nSPS) is 12.6. The van der Waals surface area contributed by atoms with Crippen LogP contribution in [0.5, 0.6) is 11.5 Å². The Hall–Kier alpha value is -2.06. The Balaban J connectivity index is 1.56. The molecule has 3 aromatic rings. The van der Waals surface area contributed by atoms with E-state index in [4.69, 9.17) is 9.47 Å². The van der Waals surface area contributed by atoms with Crippen LogP contribution in [-0.4, -0.2) is 27.0 Å². The molecule has 116 valence electrons. The van der Waals surface area contributed by atoms with Crippen LogP contribution < -0.4 is 9.47 Å². The molecule has 1 aliphatic rings. The van der Waals surface area contributed by atoms with Crippen LogP contribution in [0, 0.1) is 0 Å². The number of benzene rings is 2. The first-order chi connectivity index (χ1) is 11.3. The molecule has 0 saturated heterocycles. The topological polar surface area (TPSA) is 62.1 Å². The van der Waals surface area contributed by atoms with E-state index < -0.39 is 0 Å². The predicted octanol–water partition coefficient (Wildman–Crippen LogP) is 3.45. The molecule has 23 heavy (non-hydrogen) atoms. The monoisotopic (exact) mass is 390 g/mol. The average molecular weight is 391 g/mol. The van der Waals surface area contributed by atoms with Gasteiger partial charge in [0.1, 0.15) is 0 Å². The lowest BCUT2D eigenvalue weighted by Gasteiger charge is -2.05. The van der Waals surface area contributed by atoms with E-state index in [1.807, 2.05) is 30.3 Å². The summed E-state index contributed by atoms with van der Waals surface area (Å²) in [7, 11) is 0. The smallest absolute Gasteiger partial charge is 0.231 e. The summed E-state index contributed by atoms with van der Waals surface area (Å²) in [4.78, 5) is 0. The van der Waals surface area contributed by atoms with E-state index in [2.05, 4.69) is 43.6 Å². The van der Waals surface area contributed by atoms with Crippen LogP contribution in [0.2, 0.25) is 0 Å². The van der Waals surface area contributed by atoms with Gasteiger partial charge in [-0.25, -0.2) is 0 Å². The standard InChI is InChI=1S/C15H11BrN4O2S/c16-11-3-1-2-10(6-11)8-23-15-17-18-19-20(15)12-4-5-13-14(7-12)22-9-21-13/h1-7H,8-9H2. The molecule has 0 aliphatic carbocycles. The summed E-state index contributed by atoms with van der Waals surface area (Å²) >= 11 is 5.06. The van der Waals surface area contributed by atoms with Crippen LogP contribution in [0.15, 0.2) is 52.1 Å². The second-order valence-corrected chi connectivity index (χ2v) is 6.69. The van der Waals surface area contributed by atoms with Crippen molar-refractivity contribution in [3.8, 4) is 17.2 Å². The minimum Gasteiger partial charge on any atom is -0.454 e. The number of tetrazole rings is 1. The first-order valence-electron chi connectivity index (χ1n) is 6.85. The van der Waals surface area contributed by atoms with Gasteiger partial charge in [0, 0.05) is 16.3 Å². The molecule has 0 radical (unpaired) electrons. The van der Waals surface area contributed by atoms with Crippen LogP contribution in [-0.2, 0) is 5.75 Å². The van der Waals surface area contributed by atoms with Gasteiger partial charge in [-0.2, -0.15) is 4.68 Å². The van der Waals surface area contributed by atoms with Crippen LogP contribution in [0.3, 0.4) is 0 Å². The summed E-state index contributed by atoms with van der Waals surface area (Å²) in [5.74, 6) is 2.23. The zero-order chi connectivity index (χ0) is 15.6. The largest absolute Gasteiger partial charge is 0.454 e. The van der Waals surface area contributed by atoms with Crippen molar-refractivity contribution in [2.45, 2.75) is 10.9 Å². The highest BCUT2D eigenvalue weighted by Gasteiger charge is 2.16. The zero-order valence-electron chi connectivity index (χ0n) is 11.8. The van der Waals surface area contributed by atoms with Gasteiger partial charge in [0.15, 0.2) is 11.5 Å². The van der Waals surface area contributed by atoms with Crippen molar-refractivity contribution in [1.29, 1.82) is 0 Å². The first-order valence-corrected chi connectivity index (χ1v) is 8.63. The predicted molar refractivity (Wildman–Crippen MR) is 89.0 cm³/mol. The van der Waals surface area contributed by atoms with Crippen molar-refractivity contribution in [3.63, 3.8) is 0 Å². The maximum absolute atomic E-state index is 5.40. The third-order valence-corrected chi connectivity index (χ3v) is 4.78. The van der Waals surface area contributed by atoms with E-state index in [-0.39, 0.29) is 6.79 Å². The number of rotatable bonds is 4. The molecule has 4 rings (SSSR count). The third-order valence-electron chi connectivity index (χ3n) is 3.30. The van der Waals surface area contributed by atoms with Gasteiger partial charge in [-0.05, 0) is 40.3 Å². The number of fused-ring (bicyclic) bond motifs is 1. The van der Waals surface area contributed by atoms with E-state index in [0.717, 1.165) is 26.8 Å². The van der Waals surface area contributed by atoms with E-state index in [9.17, 15) is 0 Å². The highest BCUT2D eigenvalue weighted by Crippen LogP contribution is 2.34. The van der Waals surface area contributed by atoms with Gasteiger partial charge in [-0.1, -0.05) is 39.8 Å². The molecule has 0 unspecified atom stereocenters. The van der Waals surface area contributed by atoms with E-state index in [0.29, 0.717) is 5.75 Å². The highest BCUT2D eigenvalue weighted by atomic mass is 79.9. The molecular formula is C15H11BrN4O2S. The molecule has 0 saturated carbocycles. The van der Waals surface area contributed by atoms with Crippen LogP contribution in [0.1, 0.15) is 5.56 Å². The van der Waals surface area contributed by atoms with Gasteiger partial charge in [-0.15, -0.1) is 5.10 Å². The first kappa shape index (κ1) is 14.5. The molecule has 0 atom stereocenters. The molecule has 8 heteroatoms. The molecule has 2 aromatic carbocycles. The van der Waals surface area contributed by atoms with Crippen LogP contribution >= 0.6 is 27.7 Å². The quantitative estimate of drug-likeness (QED) is 0.635. The summed E-state index contributed by atoms with van der Waals surface area (Å²) in [6.07, 6.45) is 0. The molecular weight excluding hydrogens is 380 g/mol. The Bertz CT molecular complexity index is 855.